The third-order valence-electron chi connectivity index (χ3n) is 2.95. The van der Waals surface area contributed by atoms with Crippen molar-refractivity contribution in [2.24, 2.45) is 0 Å². The fraction of sp³-hybridized carbons (Fsp3) is 0.214. The molecule has 0 fully saturated rings. The van der Waals surface area contributed by atoms with Crippen LogP contribution in [0, 0.1) is 13.8 Å². The summed E-state index contributed by atoms with van der Waals surface area (Å²) in [6, 6.07) is 8.72. The number of aliphatic carboxylic acids is 1. The van der Waals surface area contributed by atoms with E-state index in [0.29, 0.717) is 22.6 Å². The first-order valence-corrected chi connectivity index (χ1v) is 6.11. The molecule has 2 aromatic rings. The summed E-state index contributed by atoms with van der Waals surface area (Å²) in [6.45, 7) is 3.05. The van der Waals surface area contributed by atoms with Gasteiger partial charge in [0.1, 0.15) is 6.54 Å². The van der Waals surface area contributed by atoms with E-state index in [1.165, 1.54) is 4.90 Å². The summed E-state index contributed by atoms with van der Waals surface area (Å²) in [5.74, 6) is -1.44. The molecule has 0 saturated heterocycles. The molecule has 0 radical (unpaired) electrons. The lowest BCUT2D eigenvalue weighted by atomic mass is 10.1. The van der Waals surface area contributed by atoms with Gasteiger partial charge >= 0.3 is 5.97 Å². The topological polar surface area (TPSA) is 86.3 Å². The molecule has 1 heterocycles. The van der Waals surface area contributed by atoms with Crippen LogP contribution in [0.1, 0.15) is 21.7 Å². The van der Waals surface area contributed by atoms with Crippen LogP contribution in [0.2, 0.25) is 0 Å². The summed E-state index contributed by atoms with van der Waals surface area (Å²) in [5, 5.41) is 15.7. The fourth-order valence-electron chi connectivity index (χ4n) is 2.02. The molecule has 6 nitrogen and oxygen atoms in total. The fourth-order valence-corrected chi connectivity index (χ4v) is 2.02. The van der Waals surface area contributed by atoms with Crippen LogP contribution >= 0.6 is 0 Å². The van der Waals surface area contributed by atoms with Gasteiger partial charge in [0, 0.05) is 11.4 Å². The minimum atomic E-state index is -1.07. The standard InChI is InChI=1S/C14H15N3O3/c1-9-13(10(2)16-15-9)14(20)17(8-12(18)19)11-6-4-3-5-7-11/h3-7H,8H2,1-2H3,(H,15,16)(H,18,19). The maximum Gasteiger partial charge on any atom is 0.323 e. The van der Waals surface area contributed by atoms with E-state index in [2.05, 4.69) is 10.2 Å². The van der Waals surface area contributed by atoms with Gasteiger partial charge in [0.05, 0.1) is 11.3 Å². The molecule has 1 aromatic carbocycles. The number of carboxylic acid groups (broad SMARTS) is 1. The SMILES string of the molecule is Cc1n[nH]c(C)c1C(=O)N(CC(=O)O)c1ccccc1. The number of H-pyrrole nitrogens is 1. The Morgan fingerprint density at radius 1 is 1.25 bits per heavy atom. The summed E-state index contributed by atoms with van der Waals surface area (Å²) in [6.07, 6.45) is 0. The number of carbonyl (C=O) groups is 2. The molecule has 20 heavy (non-hydrogen) atoms. The van der Waals surface area contributed by atoms with E-state index in [1.54, 1.807) is 44.2 Å². The summed E-state index contributed by atoms with van der Waals surface area (Å²) >= 11 is 0. The van der Waals surface area contributed by atoms with Crippen molar-refractivity contribution in [1.29, 1.82) is 0 Å². The molecule has 0 aliphatic rings. The number of amides is 1. The Hall–Kier alpha value is -2.63. The average Bonchev–Trinajstić information content (AvgIpc) is 2.75. The Morgan fingerprint density at radius 3 is 2.40 bits per heavy atom. The number of hydrogen-bond donors (Lipinski definition) is 2. The second kappa shape index (κ2) is 5.56. The lowest BCUT2D eigenvalue weighted by molar-refractivity contribution is -0.135. The number of anilines is 1. The molecule has 0 aliphatic heterocycles. The van der Waals surface area contributed by atoms with Crippen molar-refractivity contribution in [2.75, 3.05) is 11.4 Å². The lowest BCUT2D eigenvalue weighted by Crippen LogP contribution is -2.36. The van der Waals surface area contributed by atoms with E-state index < -0.39 is 12.5 Å². The van der Waals surface area contributed by atoms with E-state index in [9.17, 15) is 9.59 Å². The Balaban J connectivity index is 2.42. The molecular weight excluding hydrogens is 258 g/mol. The maximum absolute atomic E-state index is 12.6. The van der Waals surface area contributed by atoms with Gasteiger partial charge in [-0.2, -0.15) is 5.10 Å². The smallest absolute Gasteiger partial charge is 0.323 e. The van der Waals surface area contributed by atoms with E-state index in [4.69, 9.17) is 5.11 Å². The van der Waals surface area contributed by atoms with Gasteiger partial charge in [0.2, 0.25) is 0 Å². The number of para-hydroxylation sites is 1. The van der Waals surface area contributed by atoms with E-state index >= 15 is 0 Å². The lowest BCUT2D eigenvalue weighted by Gasteiger charge is -2.21. The van der Waals surface area contributed by atoms with E-state index in [0.717, 1.165) is 0 Å². The van der Waals surface area contributed by atoms with Gasteiger partial charge in [0.25, 0.3) is 5.91 Å². The maximum atomic E-state index is 12.6. The summed E-state index contributed by atoms with van der Waals surface area (Å²) in [7, 11) is 0. The number of aryl methyl sites for hydroxylation is 2. The highest BCUT2D eigenvalue weighted by Gasteiger charge is 2.24. The number of nitrogens with one attached hydrogen (secondary N) is 1. The Labute approximate surface area is 116 Å². The number of aromatic nitrogens is 2. The number of benzene rings is 1. The number of carboxylic acids is 1. The van der Waals surface area contributed by atoms with Crippen molar-refractivity contribution in [3.05, 3.63) is 47.3 Å². The highest BCUT2D eigenvalue weighted by Crippen LogP contribution is 2.19. The zero-order valence-electron chi connectivity index (χ0n) is 11.3. The predicted octanol–water partition coefficient (Wildman–Crippen LogP) is 1.76. The molecule has 0 bridgehead atoms. The molecule has 0 aliphatic carbocycles. The molecule has 1 amide bonds. The summed E-state index contributed by atoms with van der Waals surface area (Å²) in [5.41, 5.74) is 2.13. The van der Waals surface area contributed by atoms with Gasteiger partial charge in [-0.25, -0.2) is 0 Å². The normalized spacial score (nSPS) is 10.3. The van der Waals surface area contributed by atoms with Gasteiger partial charge in [0.15, 0.2) is 0 Å². The van der Waals surface area contributed by atoms with Crippen LogP contribution in [0.15, 0.2) is 30.3 Å². The second-order valence-electron chi connectivity index (χ2n) is 4.43. The minimum absolute atomic E-state index is 0.373. The number of hydrogen-bond acceptors (Lipinski definition) is 3. The van der Waals surface area contributed by atoms with Gasteiger partial charge in [-0.05, 0) is 26.0 Å². The molecule has 1 aromatic heterocycles. The largest absolute Gasteiger partial charge is 0.480 e. The summed E-state index contributed by atoms with van der Waals surface area (Å²) < 4.78 is 0. The third-order valence-corrected chi connectivity index (χ3v) is 2.95. The van der Waals surface area contributed by atoms with Gasteiger partial charge in [-0.15, -0.1) is 0 Å². The molecule has 2 rings (SSSR count). The average molecular weight is 273 g/mol. The summed E-state index contributed by atoms with van der Waals surface area (Å²) in [4.78, 5) is 24.8. The molecule has 104 valence electrons. The van der Waals surface area contributed by atoms with Crippen molar-refractivity contribution in [3.8, 4) is 0 Å². The van der Waals surface area contributed by atoms with Crippen LogP contribution in [-0.2, 0) is 4.79 Å². The molecule has 0 saturated carbocycles. The minimum Gasteiger partial charge on any atom is -0.480 e. The highest BCUT2D eigenvalue weighted by atomic mass is 16.4. The van der Waals surface area contributed by atoms with Crippen molar-refractivity contribution in [3.63, 3.8) is 0 Å². The van der Waals surface area contributed by atoms with E-state index in [1.807, 2.05) is 0 Å². The first-order valence-electron chi connectivity index (χ1n) is 6.11. The van der Waals surface area contributed by atoms with Crippen LogP contribution < -0.4 is 4.90 Å². The van der Waals surface area contributed by atoms with Crippen molar-refractivity contribution in [2.45, 2.75) is 13.8 Å². The van der Waals surface area contributed by atoms with Crippen LogP contribution in [-0.4, -0.2) is 33.7 Å². The number of carbonyl (C=O) groups excluding carboxylic acids is 1. The zero-order chi connectivity index (χ0) is 14.7. The second-order valence-corrected chi connectivity index (χ2v) is 4.43. The van der Waals surface area contributed by atoms with Gasteiger partial charge in [-0.1, -0.05) is 18.2 Å². The van der Waals surface area contributed by atoms with Gasteiger partial charge in [-0.3, -0.25) is 19.6 Å². The molecule has 0 spiro atoms. The molecule has 2 N–H and O–H groups in total. The molecule has 0 atom stereocenters. The number of nitrogens with zero attached hydrogens (tertiary/aromatic N) is 2. The Morgan fingerprint density at radius 2 is 1.90 bits per heavy atom. The highest BCUT2D eigenvalue weighted by molar-refractivity contribution is 6.09. The van der Waals surface area contributed by atoms with E-state index in [-0.39, 0.29) is 5.91 Å². The molecule has 0 unspecified atom stereocenters. The van der Waals surface area contributed by atoms with Crippen LogP contribution in [0.25, 0.3) is 0 Å². The zero-order valence-corrected chi connectivity index (χ0v) is 11.3. The monoisotopic (exact) mass is 273 g/mol. The number of aromatic amines is 1. The van der Waals surface area contributed by atoms with Crippen LogP contribution in [0.5, 0.6) is 0 Å². The number of rotatable bonds is 4. The first kappa shape index (κ1) is 13.8. The first-order chi connectivity index (χ1) is 9.50. The Kier molecular flexibility index (Phi) is 3.84. The van der Waals surface area contributed by atoms with Gasteiger partial charge < -0.3 is 5.11 Å². The van der Waals surface area contributed by atoms with Crippen molar-refractivity contribution >= 4 is 17.6 Å². The predicted molar refractivity (Wildman–Crippen MR) is 73.8 cm³/mol. The van der Waals surface area contributed by atoms with Crippen molar-refractivity contribution < 1.29 is 14.7 Å². The van der Waals surface area contributed by atoms with Crippen LogP contribution in [0.3, 0.4) is 0 Å². The van der Waals surface area contributed by atoms with Crippen molar-refractivity contribution in [1.82, 2.24) is 10.2 Å². The molecule has 6 heteroatoms. The quantitative estimate of drug-likeness (QED) is 0.888. The Bertz CT molecular complexity index is 615. The third kappa shape index (κ3) is 2.69. The molecular formula is C14H15N3O3. The van der Waals surface area contributed by atoms with Crippen LogP contribution in [0.4, 0.5) is 5.69 Å².